The smallest absolute Gasteiger partial charge is 0.343 e. The van der Waals surface area contributed by atoms with Gasteiger partial charge in [-0.2, -0.15) is 0 Å². The molecule has 18 nitrogen and oxygen atoms in total. The molecule has 71 heavy (non-hydrogen) atoms. The van der Waals surface area contributed by atoms with E-state index in [1.807, 2.05) is 19.1 Å². The van der Waals surface area contributed by atoms with Crippen molar-refractivity contribution in [2.24, 2.45) is 11.8 Å². The number of aromatic nitrogens is 2. The molecule has 1 aromatic carbocycles. The zero-order chi connectivity index (χ0) is 50.7. The van der Waals surface area contributed by atoms with Gasteiger partial charge < -0.3 is 43.4 Å². The van der Waals surface area contributed by atoms with E-state index in [9.17, 15) is 38.7 Å². The van der Waals surface area contributed by atoms with Gasteiger partial charge in [0.15, 0.2) is 5.60 Å². The molecule has 3 amide bonds. The molecule has 2 aromatic heterocycles. The van der Waals surface area contributed by atoms with Crippen molar-refractivity contribution >= 4 is 76.6 Å². The van der Waals surface area contributed by atoms with E-state index in [4.69, 9.17) is 33.4 Å². The van der Waals surface area contributed by atoms with Crippen molar-refractivity contribution in [3.8, 4) is 17.1 Å². The lowest BCUT2D eigenvalue weighted by atomic mass is 9.82. The Hall–Kier alpha value is -4.19. The Labute approximate surface area is 422 Å². The normalized spacial score (nSPS) is 20.6. The van der Waals surface area contributed by atoms with Gasteiger partial charge in [-0.05, 0) is 80.7 Å². The Morgan fingerprint density at radius 2 is 1.59 bits per heavy atom. The number of hydrogen-bond donors (Lipinski definition) is 2. The topological polar surface area (TPSA) is 228 Å². The molecule has 1 saturated carbocycles. The number of esters is 2. The van der Waals surface area contributed by atoms with Crippen LogP contribution >= 0.6 is 30.2 Å². The number of aliphatic hydroxyl groups is 1. The van der Waals surface area contributed by atoms with Gasteiger partial charge in [0.25, 0.3) is 5.56 Å². The number of cyclic esters (lactones) is 1. The minimum atomic E-state index is -1.91. The Kier molecular flexibility index (Phi) is 19.7. The molecule has 4 aliphatic rings. The van der Waals surface area contributed by atoms with Crippen LogP contribution in [0.3, 0.4) is 0 Å². The number of fused-ring (bicyclic) bond motifs is 5. The van der Waals surface area contributed by atoms with Gasteiger partial charge in [0.05, 0.1) is 86.4 Å². The van der Waals surface area contributed by atoms with Gasteiger partial charge in [-0.1, -0.05) is 13.8 Å². The standard InChI is InChI=1S/C50H66N4O14P2S/c1-3-34-35-24-33(11-12-39(35)52-44-36(34)28-54-40(44)25-38-37(45(54)58)29-67-48(61)50(38,62)4-2)68-47(60)31-9-7-30(8-10-31)27-51-42(56)14-17-64-19-21-66-23-22-65-20-18-63-16-5-6-32(55)13-15-53-43(57)26-41(46(53)59)71-49(69)70/h11-12,24-25,30-31,41,49,62H,3-10,13-23,26-29,69-70H2,1-2H3,(H,51,56)/t30?,31?,41?,50-/m0/s1. The van der Waals surface area contributed by atoms with Crippen LogP contribution in [0.5, 0.6) is 5.75 Å². The lowest BCUT2D eigenvalue weighted by Crippen LogP contribution is -2.44. The predicted octanol–water partition coefficient (Wildman–Crippen LogP) is 4.56. The fourth-order valence-corrected chi connectivity index (χ4v) is 11.6. The molecule has 21 heteroatoms. The molecule has 3 unspecified atom stereocenters. The van der Waals surface area contributed by atoms with Crippen molar-refractivity contribution in [3.63, 3.8) is 0 Å². The largest absolute Gasteiger partial charge is 0.458 e. The second-order valence-electron chi connectivity index (χ2n) is 18.3. The molecule has 2 N–H and O–H groups in total. The van der Waals surface area contributed by atoms with Crippen LogP contribution in [-0.4, -0.2) is 131 Å². The van der Waals surface area contributed by atoms with Gasteiger partial charge >= 0.3 is 11.9 Å². The van der Waals surface area contributed by atoms with Gasteiger partial charge in [-0.15, -0.1) is 30.2 Å². The lowest BCUT2D eigenvalue weighted by molar-refractivity contribution is -0.172. The molecule has 4 atom stereocenters. The van der Waals surface area contributed by atoms with E-state index in [1.165, 1.54) is 16.7 Å². The Morgan fingerprint density at radius 3 is 2.27 bits per heavy atom. The van der Waals surface area contributed by atoms with Crippen LogP contribution in [0, 0.1) is 11.8 Å². The van der Waals surface area contributed by atoms with Crippen LogP contribution in [-0.2, 0) is 77.6 Å². The monoisotopic (exact) mass is 1040 g/mol. The maximum absolute atomic E-state index is 13.7. The van der Waals surface area contributed by atoms with E-state index in [2.05, 4.69) is 23.8 Å². The minimum absolute atomic E-state index is 0.00845. The Morgan fingerprint density at radius 1 is 0.901 bits per heavy atom. The SMILES string of the molecule is CCc1c2c(nc3ccc(OC(=O)C4CCC(CNC(=O)CCOCCOCCOCCOCCCC(=O)CCN5C(=O)CC(SC(P)P)C5=O)CC4)cc13)-c1cc3c(c(=O)n1C2)COC(=O)[C@]3(O)CC. The van der Waals surface area contributed by atoms with E-state index in [0.717, 1.165) is 29.4 Å². The van der Waals surface area contributed by atoms with Crippen LogP contribution in [0.25, 0.3) is 22.3 Å². The number of ether oxygens (including phenoxy) is 6. The highest BCUT2D eigenvalue weighted by Crippen LogP contribution is 2.41. The fraction of sp³-hybridized carbons (Fsp3) is 0.600. The third-order valence-electron chi connectivity index (χ3n) is 13.6. The molecule has 0 bridgehead atoms. The Bertz CT molecular complexity index is 2520. The molecule has 1 saturated heterocycles. The highest BCUT2D eigenvalue weighted by atomic mass is 32.2. The average molecular weight is 1040 g/mol. The summed E-state index contributed by atoms with van der Waals surface area (Å²) in [5, 5.41) is 14.7. The second-order valence-corrected chi connectivity index (χ2v) is 22.8. The number of carbonyl (C=O) groups is 6. The third kappa shape index (κ3) is 13.5. The van der Waals surface area contributed by atoms with Gasteiger partial charge in [0, 0.05) is 66.6 Å². The van der Waals surface area contributed by atoms with Crippen molar-refractivity contribution in [1.82, 2.24) is 19.8 Å². The molecule has 5 heterocycles. The van der Waals surface area contributed by atoms with Crippen LogP contribution in [0.2, 0.25) is 0 Å². The minimum Gasteiger partial charge on any atom is -0.458 e. The zero-order valence-electron chi connectivity index (χ0n) is 40.5. The summed E-state index contributed by atoms with van der Waals surface area (Å²) in [4.78, 5) is 95.2. The summed E-state index contributed by atoms with van der Waals surface area (Å²) in [7, 11) is 5.16. The Balaban J connectivity index is 0.709. The molecular formula is C50H66N4O14P2S. The van der Waals surface area contributed by atoms with Crippen LogP contribution in [0.4, 0.5) is 0 Å². The summed E-state index contributed by atoms with van der Waals surface area (Å²) in [5.41, 5.74) is 2.01. The maximum Gasteiger partial charge on any atom is 0.343 e. The quantitative estimate of drug-likeness (QED) is 0.0274. The number of carbonyl (C=O) groups excluding carboxylic acids is 6. The number of aryl methyl sites for hydroxylation is 1. The van der Waals surface area contributed by atoms with Crippen molar-refractivity contribution in [2.45, 2.75) is 113 Å². The summed E-state index contributed by atoms with van der Waals surface area (Å²) in [5.74, 6) is -1.18. The van der Waals surface area contributed by atoms with E-state index in [1.54, 1.807) is 23.6 Å². The maximum atomic E-state index is 13.7. The first-order valence-corrected chi connectivity index (χ1v) is 26.9. The van der Waals surface area contributed by atoms with Crippen LogP contribution in [0.1, 0.15) is 100 Å². The van der Waals surface area contributed by atoms with Gasteiger partial charge in [0.2, 0.25) is 17.7 Å². The molecular weight excluding hydrogens is 975 g/mol. The number of likely N-dealkylation sites (tertiary alicyclic amines) is 1. The molecule has 0 spiro atoms. The lowest BCUT2D eigenvalue weighted by Gasteiger charge is -2.31. The summed E-state index contributed by atoms with van der Waals surface area (Å²) in [6.45, 7) is 7.39. The number of Topliss-reactive ketones (excluding diaryl/α,β-unsaturated/α-hetero) is 1. The molecule has 2 fully saturated rings. The van der Waals surface area contributed by atoms with Gasteiger partial charge in [-0.3, -0.25) is 33.7 Å². The number of nitrogens with one attached hydrogen (secondary N) is 1. The van der Waals surface area contributed by atoms with E-state index < -0.39 is 11.6 Å². The number of imide groups is 1. The van der Waals surface area contributed by atoms with Gasteiger partial charge in [0.1, 0.15) is 18.1 Å². The number of thioether (sulfide) groups is 1. The molecule has 1 aliphatic carbocycles. The van der Waals surface area contributed by atoms with Crippen molar-refractivity contribution in [3.05, 3.63) is 56.9 Å². The van der Waals surface area contributed by atoms with Crippen LogP contribution in [0.15, 0.2) is 29.1 Å². The number of benzene rings is 1. The number of nitrogens with zero attached hydrogens (tertiary/aromatic N) is 3. The molecule has 3 aromatic rings. The number of amides is 3. The highest BCUT2D eigenvalue weighted by molar-refractivity contribution is 8.08. The molecule has 7 rings (SSSR count). The number of hydrogen-bond acceptors (Lipinski definition) is 16. The summed E-state index contributed by atoms with van der Waals surface area (Å²) in [6.07, 6.45) is 5.02. The predicted molar refractivity (Wildman–Crippen MR) is 271 cm³/mol. The first-order chi connectivity index (χ1) is 34.2. The van der Waals surface area contributed by atoms with Gasteiger partial charge in [-0.25, -0.2) is 9.78 Å². The average Bonchev–Trinajstić information content (AvgIpc) is 3.85. The molecule has 3 aliphatic heterocycles. The van der Waals surface area contributed by atoms with Crippen molar-refractivity contribution in [1.29, 1.82) is 0 Å². The fourth-order valence-electron chi connectivity index (χ4n) is 9.60. The first-order valence-electron chi connectivity index (χ1n) is 24.7. The van der Waals surface area contributed by atoms with E-state index in [0.29, 0.717) is 108 Å². The summed E-state index contributed by atoms with van der Waals surface area (Å²) < 4.78 is 35.0. The van der Waals surface area contributed by atoms with E-state index >= 15 is 0 Å². The zero-order valence-corrected chi connectivity index (χ0v) is 43.7. The molecule has 386 valence electrons. The van der Waals surface area contributed by atoms with Crippen molar-refractivity contribution < 1.29 is 62.3 Å². The second kappa shape index (κ2) is 25.7. The summed E-state index contributed by atoms with van der Waals surface area (Å²) in [6, 6.07) is 7.07. The highest BCUT2D eigenvalue weighted by Gasteiger charge is 2.46. The number of rotatable bonds is 27. The molecule has 0 radical (unpaired) electrons. The van der Waals surface area contributed by atoms with Crippen LogP contribution < -0.4 is 15.6 Å². The number of ketones is 1. The van der Waals surface area contributed by atoms with Crippen molar-refractivity contribution in [2.75, 3.05) is 65.9 Å². The number of pyridine rings is 2. The summed E-state index contributed by atoms with van der Waals surface area (Å²) >= 11 is 1.41. The third-order valence-corrected chi connectivity index (χ3v) is 15.5. The van der Waals surface area contributed by atoms with E-state index in [-0.39, 0.29) is 120 Å². The first kappa shape index (κ1) is 54.6.